The molecule has 0 radical (unpaired) electrons. The van der Waals surface area contributed by atoms with Gasteiger partial charge in [-0.2, -0.15) is 5.10 Å². The number of rotatable bonds is 7. The molecule has 6 nitrogen and oxygen atoms in total. The van der Waals surface area contributed by atoms with Crippen molar-refractivity contribution in [3.63, 3.8) is 0 Å². The first-order valence-corrected chi connectivity index (χ1v) is 10.2. The number of ether oxygens (including phenoxy) is 2. The van der Waals surface area contributed by atoms with Crippen molar-refractivity contribution in [2.24, 2.45) is 5.10 Å². The van der Waals surface area contributed by atoms with Crippen molar-refractivity contribution in [1.29, 1.82) is 0 Å². The number of amides is 1. The Morgan fingerprint density at radius 3 is 2.57 bits per heavy atom. The number of aryl methyl sites for hydroxylation is 1. The Hall–Kier alpha value is -3.06. The first kappa shape index (κ1) is 21.6. The minimum atomic E-state index is -0.209. The molecule has 7 heteroatoms. The van der Waals surface area contributed by atoms with Crippen molar-refractivity contribution in [2.45, 2.75) is 20.3 Å². The van der Waals surface area contributed by atoms with Gasteiger partial charge >= 0.3 is 0 Å². The highest BCUT2D eigenvalue weighted by atomic mass is 79.9. The number of nitrogens with zero attached hydrogens (tertiary/aromatic N) is 2. The molecule has 1 aromatic heterocycles. The van der Waals surface area contributed by atoms with E-state index in [9.17, 15) is 4.79 Å². The van der Waals surface area contributed by atoms with E-state index >= 15 is 0 Å². The molecule has 0 aliphatic carbocycles. The Morgan fingerprint density at radius 2 is 1.87 bits per heavy atom. The molecule has 156 valence electrons. The fourth-order valence-corrected chi connectivity index (χ4v) is 3.71. The number of hydrazone groups is 1. The molecule has 0 spiro atoms. The van der Waals surface area contributed by atoms with Crippen LogP contribution in [0.3, 0.4) is 0 Å². The SMILES string of the molecule is COc1ccc(CC(=O)N/N=C\c2cc(C)n(-c3cccc(Br)c3)c2C)cc1OC. The van der Waals surface area contributed by atoms with Crippen LogP contribution in [0.15, 0.2) is 58.1 Å². The van der Waals surface area contributed by atoms with Gasteiger partial charge in [0.15, 0.2) is 11.5 Å². The van der Waals surface area contributed by atoms with Crippen LogP contribution in [0.2, 0.25) is 0 Å². The predicted molar refractivity (Wildman–Crippen MR) is 122 cm³/mol. The minimum absolute atomic E-state index is 0.189. The number of carbonyl (C=O) groups excluding carboxylic acids is 1. The van der Waals surface area contributed by atoms with E-state index in [0.29, 0.717) is 11.5 Å². The Labute approximate surface area is 184 Å². The largest absolute Gasteiger partial charge is 0.493 e. The third-order valence-electron chi connectivity index (χ3n) is 4.74. The van der Waals surface area contributed by atoms with Crippen LogP contribution in [0.5, 0.6) is 11.5 Å². The van der Waals surface area contributed by atoms with Crippen molar-refractivity contribution in [2.75, 3.05) is 14.2 Å². The lowest BCUT2D eigenvalue weighted by Gasteiger charge is -2.10. The maximum Gasteiger partial charge on any atom is 0.244 e. The third-order valence-corrected chi connectivity index (χ3v) is 5.24. The molecule has 2 aromatic carbocycles. The van der Waals surface area contributed by atoms with Gasteiger partial charge < -0.3 is 14.0 Å². The molecule has 1 heterocycles. The van der Waals surface area contributed by atoms with Crippen LogP contribution >= 0.6 is 15.9 Å². The van der Waals surface area contributed by atoms with Gasteiger partial charge in [0.1, 0.15) is 0 Å². The lowest BCUT2D eigenvalue weighted by Crippen LogP contribution is -2.19. The van der Waals surface area contributed by atoms with Crippen LogP contribution in [0.25, 0.3) is 5.69 Å². The van der Waals surface area contributed by atoms with E-state index in [1.165, 1.54) is 0 Å². The average molecular weight is 470 g/mol. The van der Waals surface area contributed by atoms with Gasteiger partial charge in [0.05, 0.1) is 26.9 Å². The molecule has 3 rings (SSSR count). The molecule has 0 saturated carbocycles. The summed E-state index contributed by atoms with van der Waals surface area (Å²) in [5, 5.41) is 4.14. The maximum atomic E-state index is 12.3. The summed E-state index contributed by atoms with van der Waals surface area (Å²) >= 11 is 3.52. The zero-order valence-electron chi connectivity index (χ0n) is 17.4. The Kier molecular flexibility index (Phi) is 6.95. The van der Waals surface area contributed by atoms with Crippen molar-refractivity contribution in [3.05, 3.63) is 75.5 Å². The van der Waals surface area contributed by atoms with Gasteiger partial charge in [0, 0.05) is 27.1 Å². The third kappa shape index (κ3) is 4.91. The van der Waals surface area contributed by atoms with Gasteiger partial charge in [-0.1, -0.05) is 28.1 Å². The normalized spacial score (nSPS) is 11.0. The Bertz CT molecular complexity index is 1090. The lowest BCUT2D eigenvalue weighted by atomic mass is 10.1. The zero-order chi connectivity index (χ0) is 21.7. The Balaban J connectivity index is 1.68. The summed E-state index contributed by atoms with van der Waals surface area (Å²) in [6.07, 6.45) is 1.86. The molecule has 30 heavy (non-hydrogen) atoms. The molecule has 0 atom stereocenters. The highest BCUT2D eigenvalue weighted by molar-refractivity contribution is 9.10. The number of benzene rings is 2. The summed E-state index contributed by atoms with van der Waals surface area (Å²) in [7, 11) is 3.14. The van der Waals surface area contributed by atoms with Crippen LogP contribution in [0.4, 0.5) is 0 Å². The van der Waals surface area contributed by atoms with Gasteiger partial charge in [-0.05, 0) is 55.8 Å². The summed E-state index contributed by atoms with van der Waals surface area (Å²) in [5.41, 5.74) is 7.55. The van der Waals surface area contributed by atoms with Crippen LogP contribution in [-0.2, 0) is 11.2 Å². The highest BCUT2D eigenvalue weighted by Crippen LogP contribution is 2.27. The number of halogens is 1. The quantitative estimate of drug-likeness (QED) is 0.407. The highest BCUT2D eigenvalue weighted by Gasteiger charge is 2.11. The van der Waals surface area contributed by atoms with Gasteiger partial charge in [-0.15, -0.1) is 0 Å². The molecule has 0 fully saturated rings. The molecule has 3 aromatic rings. The van der Waals surface area contributed by atoms with Gasteiger partial charge in [-0.25, -0.2) is 5.43 Å². The first-order chi connectivity index (χ1) is 14.4. The minimum Gasteiger partial charge on any atom is -0.493 e. The van der Waals surface area contributed by atoms with Crippen molar-refractivity contribution < 1.29 is 14.3 Å². The van der Waals surface area contributed by atoms with E-state index in [4.69, 9.17) is 9.47 Å². The van der Waals surface area contributed by atoms with Crippen LogP contribution in [0, 0.1) is 13.8 Å². The monoisotopic (exact) mass is 469 g/mol. The van der Waals surface area contributed by atoms with Crippen LogP contribution in [-0.4, -0.2) is 30.9 Å². The molecule has 0 bridgehead atoms. The van der Waals surface area contributed by atoms with Gasteiger partial charge in [0.2, 0.25) is 5.91 Å². The summed E-state index contributed by atoms with van der Waals surface area (Å²) < 4.78 is 13.7. The average Bonchev–Trinajstić information content (AvgIpc) is 3.01. The first-order valence-electron chi connectivity index (χ1n) is 9.40. The summed E-state index contributed by atoms with van der Waals surface area (Å²) in [4.78, 5) is 12.3. The van der Waals surface area contributed by atoms with Crippen molar-refractivity contribution >= 4 is 28.1 Å². The summed E-state index contributed by atoms with van der Waals surface area (Å²) in [6, 6.07) is 15.5. The Morgan fingerprint density at radius 1 is 1.10 bits per heavy atom. The molecule has 0 saturated heterocycles. The molecule has 1 amide bonds. The second kappa shape index (κ2) is 9.63. The van der Waals surface area contributed by atoms with Crippen LogP contribution in [0.1, 0.15) is 22.5 Å². The number of aromatic nitrogens is 1. The topological polar surface area (TPSA) is 64.8 Å². The molecular weight excluding hydrogens is 446 g/mol. The van der Waals surface area contributed by atoms with Gasteiger partial charge in [-0.3, -0.25) is 4.79 Å². The van der Waals surface area contributed by atoms with E-state index in [1.807, 2.05) is 38.1 Å². The van der Waals surface area contributed by atoms with Gasteiger partial charge in [0.25, 0.3) is 0 Å². The molecule has 0 aliphatic heterocycles. The number of carbonyl (C=O) groups is 1. The van der Waals surface area contributed by atoms with Crippen LogP contribution < -0.4 is 14.9 Å². The van der Waals surface area contributed by atoms with E-state index in [1.54, 1.807) is 32.6 Å². The van der Waals surface area contributed by atoms with Crippen molar-refractivity contribution in [1.82, 2.24) is 9.99 Å². The van der Waals surface area contributed by atoms with Crippen molar-refractivity contribution in [3.8, 4) is 17.2 Å². The fourth-order valence-electron chi connectivity index (χ4n) is 3.32. The summed E-state index contributed by atoms with van der Waals surface area (Å²) in [6.45, 7) is 4.07. The number of hydrogen-bond donors (Lipinski definition) is 1. The van der Waals surface area contributed by atoms with E-state index < -0.39 is 0 Å². The fraction of sp³-hybridized carbons (Fsp3) is 0.217. The van der Waals surface area contributed by atoms with E-state index in [-0.39, 0.29) is 12.3 Å². The molecular formula is C23H24BrN3O3. The second-order valence-electron chi connectivity index (χ2n) is 6.80. The smallest absolute Gasteiger partial charge is 0.244 e. The van der Waals surface area contributed by atoms with E-state index in [2.05, 4.69) is 43.2 Å². The standard InChI is InChI=1S/C23H24BrN3O3/c1-15-10-18(16(2)27(15)20-7-5-6-19(24)13-20)14-25-26-23(28)12-17-8-9-21(29-3)22(11-17)30-4/h5-11,13-14H,12H2,1-4H3,(H,26,28)/b25-14-. The lowest BCUT2D eigenvalue weighted by molar-refractivity contribution is -0.120. The number of methoxy groups -OCH3 is 2. The molecule has 0 aliphatic rings. The number of nitrogens with one attached hydrogen (secondary N) is 1. The summed E-state index contributed by atoms with van der Waals surface area (Å²) in [5.74, 6) is 1.01. The predicted octanol–water partition coefficient (Wildman–Crippen LogP) is 4.57. The zero-order valence-corrected chi connectivity index (χ0v) is 19.0. The molecule has 0 unspecified atom stereocenters. The second-order valence-corrected chi connectivity index (χ2v) is 7.72. The van der Waals surface area contributed by atoms with E-state index in [0.717, 1.165) is 32.7 Å². The number of hydrogen-bond acceptors (Lipinski definition) is 4. The maximum absolute atomic E-state index is 12.3. The molecule has 1 N–H and O–H groups in total.